The topological polar surface area (TPSA) is 75.6 Å². The highest BCUT2D eigenvalue weighted by atomic mass is 16.5. The van der Waals surface area contributed by atoms with Gasteiger partial charge in [0.2, 0.25) is 5.91 Å². The molecule has 0 aromatic carbocycles. The summed E-state index contributed by atoms with van der Waals surface area (Å²) in [7, 11) is 1.59. The van der Waals surface area contributed by atoms with Crippen LogP contribution in [-0.2, 0) is 14.3 Å². The van der Waals surface area contributed by atoms with Gasteiger partial charge in [-0.1, -0.05) is 12.2 Å². The molecule has 0 saturated carbocycles. The summed E-state index contributed by atoms with van der Waals surface area (Å²) in [6.45, 7) is 0.561. The van der Waals surface area contributed by atoms with E-state index in [1.165, 1.54) is 0 Å². The van der Waals surface area contributed by atoms with E-state index in [-0.39, 0.29) is 11.9 Å². The number of hydrogen-bond donors (Lipinski definition) is 2. The minimum absolute atomic E-state index is 0.0576. The Bertz CT molecular complexity index is 288. The molecular formula is C11H17NO4. The van der Waals surface area contributed by atoms with Crippen molar-refractivity contribution in [1.82, 2.24) is 5.32 Å². The largest absolute Gasteiger partial charge is 0.481 e. The fraction of sp³-hybridized carbons (Fsp3) is 0.636. The molecule has 5 nitrogen and oxygen atoms in total. The van der Waals surface area contributed by atoms with Crippen LogP contribution in [-0.4, -0.2) is 36.7 Å². The summed E-state index contributed by atoms with van der Waals surface area (Å²) in [5, 5.41) is 11.5. The number of hydrogen-bond acceptors (Lipinski definition) is 3. The number of methoxy groups -OCH3 is 1. The third-order valence-corrected chi connectivity index (χ3v) is 2.50. The molecule has 16 heavy (non-hydrogen) atoms. The van der Waals surface area contributed by atoms with Crippen LogP contribution in [0.25, 0.3) is 0 Å². The average Bonchev–Trinajstić information content (AvgIpc) is 2.66. The lowest BCUT2D eigenvalue weighted by molar-refractivity contribution is -0.140. The fourth-order valence-corrected chi connectivity index (χ4v) is 1.65. The number of carbonyl (C=O) groups is 2. The van der Waals surface area contributed by atoms with Crippen molar-refractivity contribution >= 4 is 11.9 Å². The van der Waals surface area contributed by atoms with Crippen LogP contribution in [0.3, 0.4) is 0 Å². The van der Waals surface area contributed by atoms with E-state index in [0.29, 0.717) is 25.9 Å². The third kappa shape index (κ3) is 4.02. The quantitative estimate of drug-likeness (QED) is 0.513. The van der Waals surface area contributed by atoms with Crippen molar-refractivity contribution in [2.45, 2.75) is 25.3 Å². The van der Waals surface area contributed by atoms with Gasteiger partial charge >= 0.3 is 5.97 Å². The molecule has 2 atom stereocenters. The van der Waals surface area contributed by atoms with E-state index in [1.807, 2.05) is 0 Å². The van der Waals surface area contributed by atoms with E-state index in [4.69, 9.17) is 9.84 Å². The van der Waals surface area contributed by atoms with Crippen LogP contribution in [0.15, 0.2) is 12.2 Å². The summed E-state index contributed by atoms with van der Waals surface area (Å²) in [4.78, 5) is 22.1. The Kier molecular flexibility index (Phi) is 4.98. The lowest BCUT2D eigenvalue weighted by Gasteiger charge is -2.11. The van der Waals surface area contributed by atoms with Crippen LogP contribution in [0.4, 0.5) is 0 Å². The molecule has 1 amide bonds. The maximum atomic E-state index is 11.4. The zero-order valence-electron chi connectivity index (χ0n) is 9.31. The molecule has 1 aliphatic carbocycles. The first-order valence-corrected chi connectivity index (χ1v) is 5.33. The number of ether oxygens (including phenoxy) is 1. The molecule has 2 unspecified atom stereocenters. The second-order valence-corrected chi connectivity index (χ2v) is 3.84. The summed E-state index contributed by atoms with van der Waals surface area (Å²) < 4.78 is 4.84. The standard InChI is InChI=1S/C11H17NO4/c1-16-6-2-3-10(13)12-9-5-4-8(7-9)11(14)15/h4-5,8-9H,2-3,6-7H2,1H3,(H,12,13)(H,14,15). The van der Waals surface area contributed by atoms with Gasteiger partial charge in [0.05, 0.1) is 5.92 Å². The Morgan fingerprint density at radius 3 is 2.81 bits per heavy atom. The highest BCUT2D eigenvalue weighted by Crippen LogP contribution is 2.17. The van der Waals surface area contributed by atoms with Gasteiger partial charge < -0.3 is 15.2 Å². The van der Waals surface area contributed by atoms with Crippen molar-refractivity contribution in [3.63, 3.8) is 0 Å². The average molecular weight is 227 g/mol. The predicted molar refractivity (Wildman–Crippen MR) is 57.9 cm³/mol. The van der Waals surface area contributed by atoms with Crippen molar-refractivity contribution < 1.29 is 19.4 Å². The first kappa shape index (κ1) is 12.7. The summed E-state index contributed by atoms with van der Waals surface area (Å²) in [6, 6.07) is -0.142. The van der Waals surface area contributed by atoms with E-state index in [0.717, 1.165) is 0 Å². The van der Waals surface area contributed by atoms with Gasteiger partial charge in [-0.2, -0.15) is 0 Å². The molecule has 0 saturated heterocycles. The zero-order chi connectivity index (χ0) is 12.0. The Morgan fingerprint density at radius 2 is 2.25 bits per heavy atom. The van der Waals surface area contributed by atoms with E-state index in [2.05, 4.69) is 5.32 Å². The molecule has 0 spiro atoms. The molecule has 0 bridgehead atoms. The molecule has 5 heteroatoms. The van der Waals surface area contributed by atoms with Crippen LogP contribution < -0.4 is 5.32 Å². The van der Waals surface area contributed by atoms with Gasteiger partial charge in [0.25, 0.3) is 0 Å². The van der Waals surface area contributed by atoms with E-state index in [9.17, 15) is 9.59 Å². The summed E-state index contributed by atoms with van der Waals surface area (Å²) >= 11 is 0. The van der Waals surface area contributed by atoms with Gasteiger partial charge in [0.1, 0.15) is 0 Å². The second kappa shape index (κ2) is 6.27. The van der Waals surface area contributed by atoms with Crippen molar-refractivity contribution in [3.8, 4) is 0 Å². The number of carboxylic acid groups (broad SMARTS) is 1. The zero-order valence-corrected chi connectivity index (χ0v) is 9.31. The number of carbonyl (C=O) groups excluding carboxylic acids is 1. The number of nitrogens with one attached hydrogen (secondary N) is 1. The maximum absolute atomic E-state index is 11.4. The molecule has 90 valence electrons. The minimum atomic E-state index is -0.840. The first-order valence-electron chi connectivity index (χ1n) is 5.33. The second-order valence-electron chi connectivity index (χ2n) is 3.84. The molecule has 0 radical (unpaired) electrons. The van der Waals surface area contributed by atoms with Gasteiger partial charge in [0.15, 0.2) is 0 Å². The Morgan fingerprint density at radius 1 is 1.50 bits per heavy atom. The highest BCUT2D eigenvalue weighted by Gasteiger charge is 2.24. The molecule has 0 heterocycles. The highest BCUT2D eigenvalue weighted by molar-refractivity contribution is 5.77. The van der Waals surface area contributed by atoms with Gasteiger partial charge in [-0.25, -0.2) is 0 Å². The van der Waals surface area contributed by atoms with Gasteiger partial charge in [0, 0.05) is 26.2 Å². The van der Waals surface area contributed by atoms with Gasteiger partial charge in [-0.15, -0.1) is 0 Å². The van der Waals surface area contributed by atoms with Crippen molar-refractivity contribution in [3.05, 3.63) is 12.2 Å². The lowest BCUT2D eigenvalue weighted by atomic mass is 10.1. The van der Waals surface area contributed by atoms with Crippen molar-refractivity contribution in [2.24, 2.45) is 5.92 Å². The molecule has 0 aromatic heterocycles. The number of aliphatic carboxylic acids is 1. The molecule has 2 N–H and O–H groups in total. The fourth-order valence-electron chi connectivity index (χ4n) is 1.65. The number of amides is 1. The molecule has 1 rings (SSSR count). The normalized spacial score (nSPS) is 23.3. The maximum Gasteiger partial charge on any atom is 0.310 e. The molecule has 0 fully saturated rings. The van der Waals surface area contributed by atoms with E-state index in [1.54, 1.807) is 19.3 Å². The third-order valence-electron chi connectivity index (χ3n) is 2.50. The van der Waals surface area contributed by atoms with Crippen LogP contribution in [0.2, 0.25) is 0 Å². The van der Waals surface area contributed by atoms with Crippen LogP contribution in [0.5, 0.6) is 0 Å². The Hall–Kier alpha value is -1.36. The summed E-state index contributed by atoms with van der Waals surface area (Å²) in [5.41, 5.74) is 0. The Balaban J connectivity index is 2.21. The van der Waals surface area contributed by atoms with Gasteiger partial charge in [-0.05, 0) is 12.8 Å². The molecule has 0 aliphatic heterocycles. The monoisotopic (exact) mass is 227 g/mol. The Labute approximate surface area is 94.5 Å². The van der Waals surface area contributed by atoms with Crippen molar-refractivity contribution in [2.75, 3.05) is 13.7 Å². The van der Waals surface area contributed by atoms with Crippen LogP contribution in [0.1, 0.15) is 19.3 Å². The number of rotatable bonds is 6. The van der Waals surface area contributed by atoms with Crippen LogP contribution >= 0.6 is 0 Å². The molecular weight excluding hydrogens is 210 g/mol. The predicted octanol–water partition coefficient (Wildman–Crippen LogP) is 0.558. The molecule has 0 aromatic rings. The van der Waals surface area contributed by atoms with E-state index < -0.39 is 11.9 Å². The lowest BCUT2D eigenvalue weighted by Crippen LogP contribution is -2.33. The smallest absolute Gasteiger partial charge is 0.310 e. The van der Waals surface area contributed by atoms with Crippen molar-refractivity contribution in [1.29, 1.82) is 0 Å². The van der Waals surface area contributed by atoms with E-state index >= 15 is 0 Å². The summed E-state index contributed by atoms with van der Waals surface area (Å²) in [5.74, 6) is -1.37. The summed E-state index contributed by atoms with van der Waals surface area (Å²) in [6.07, 6.45) is 4.91. The van der Waals surface area contributed by atoms with Gasteiger partial charge in [-0.3, -0.25) is 9.59 Å². The van der Waals surface area contributed by atoms with Crippen LogP contribution in [0, 0.1) is 5.92 Å². The molecule has 1 aliphatic rings. The SMILES string of the molecule is COCCCC(=O)NC1C=CC(C(=O)O)C1. The minimum Gasteiger partial charge on any atom is -0.481 e. The first-order chi connectivity index (χ1) is 7.63. The number of carboxylic acids is 1.